The fraction of sp³-hybridized carbons (Fsp3) is 0.429. The molecule has 4 heteroatoms. The summed E-state index contributed by atoms with van der Waals surface area (Å²) in [5.41, 5.74) is 2.05. The maximum Gasteiger partial charge on any atom is 0.221 e. The quantitative estimate of drug-likeness (QED) is 0.589. The maximum atomic E-state index is 4.38. The summed E-state index contributed by atoms with van der Waals surface area (Å²) >= 11 is 0. The van der Waals surface area contributed by atoms with Gasteiger partial charge in [-0.1, -0.05) is 30.3 Å². The lowest BCUT2D eigenvalue weighted by Crippen LogP contribution is -2.46. The molecule has 1 aromatic rings. The van der Waals surface area contributed by atoms with Gasteiger partial charge in [0.15, 0.2) is 0 Å². The van der Waals surface area contributed by atoms with Crippen molar-refractivity contribution in [1.82, 2.24) is 9.80 Å². The molecule has 0 atom stereocenters. The minimum absolute atomic E-state index is 0.940. The first-order valence-electron chi connectivity index (χ1n) is 6.28. The number of hydrogen-bond donors (Lipinski definition) is 0. The SMILES string of the molecule is C/C(=N\N=C1N(C)CCCN1C)c1ccccc1. The van der Waals surface area contributed by atoms with Crippen LogP contribution in [0.25, 0.3) is 0 Å². The van der Waals surface area contributed by atoms with Crippen molar-refractivity contribution in [3.63, 3.8) is 0 Å². The molecule has 0 aromatic heterocycles. The third-order valence-corrected chi connectivity index (χ3v) is 3.15. The maximum absolute atomic E-state index is 4.38. The molecular formula is C14H20N4. The van der Waals surface area contributed by atoms with Crippen molar-refractivity contribution in [3.05, 3.63) is 35.9 Å². The number of hydrogen-bond acceptors (Lipinski definition) is 2. The second-order valence-corrected chi connectivity index (χ2v) is 4.65. The zero-order valence-electron chi connectivity index (χ0n) is 11.3. The molecule has 1 aliphatic rings. The third kappa shape index (κ3) is 2.88. The van der Waals surface area contributed by atoms with E-state index >= 15 is 0 Å². The first-order valence-corrected chi connectivity index (χ1v) is 6.28. The van der Waals surface area contributed by atoms with Crippen LogP contribution in [0.1, 0.15) is 18.9 Å². The Balaban J connectivity index is 2.17. The zero-order valence-corrected chi connectivity index (χ0v) is 11.3. The van der Waals surface area contributed by atoms with Gasteiger partial charge in [0.2, 0.25) is 5.96 Å². The Bertz CT molecular complexity index is 438. The molecule has 4 nitrogen and oxygen atoms in total. The number of benzene rings is 1. The molecule has 18 heavy (non-hydrogen) atoms. The molecule has 0 amide bonds. The van der Waals surface area contributed by atoms with Gasteiger partial charge in [-0.25, -0.2) is 0 Å². The van der Waals surface area contributed by atoms with Gasteiger partial charge in [0.1, 0.15) is 0 Å². The van der Waals surface area contributed by atoms with Gasteiger partial charge in [0, 0.05) is 27.2 Å². The largest absolute Gasteiger partial charge is 0.344 e. The highest BCUT2D eigenvalue weighted by Gasteiger charge is 2.17. The zero-order chi connectivity index (χ0) is 13.0. The highest BCUT2D eigenvalue weighted by molar-refractivity contribution is 5.99. The predicted octanol–water partition coefficient (Wildman–Crippen LogP) is 2.03. The van der Waals surface area contributed by atoms with E-state index in [9.17, 15) is 0 Å². The molecule has 0 saturated carbocycles. The van der Waals surface area contributed by atoms with E-state index in [1.54, 1.807) is 0 Å². The van der Waals surface area contributed by atoms with Crippen LogP contribution in [0, 0.1) is 0 Å². The molecule has 1 aromatic carbocycles. The van der Waals surface area contributed by atoms with Gasteiger partial charge in [-0.05, 0) is 18.9 Å². The van der Waals surface area contributed by atoms with Crippen LogP contribution in [0.15, 0.2) is 40.5 Å². The van der Waals surface area contributed by atoms with Crippen molar-refractivity contribution in [2.75, 3.05) is 27.2 Å². The van der Waals surface area contributed by atoms with E-state index in [0.717, 1.165) is 30.3 Å². The van der Waals surface area contributed by atoms with Gasteiger partial charge in [0.05, 0.1) is 5.71 Å². The van der Waals surface area contributed by atoms with Crippen LogP contribution in [0.3, 0.4) is 0 Å². The van der Waals surface area contributed by atoms with E-state index in [1.807, 2.05) is 37.3 Å². The molecule has 2 rings (SSSR count). The molecule has 1 heterocycles. The van der Waals surface area contributed by atoms with E-state index in [0.29, 0.717) is 0 Å². The average molecular weight is 244 g/mol. The summed E-state index contributed by atoms with van der Waals surface area (Å²) in [7, 11) is 4.11. The molecule has 1 saturated heterocycles. The molecule has 0 radical (unpaired) electrons. The average Bonchev–Trinajstić information content (AvgIpc) is 2.39. The Kier molecular flexibility index (Phi) is 3.97. The molecule has 0 unspecified atom stereocenters. The van der Waals surface area contributed by atoms with Gasteiger partial charge in [-0.2, -0.15) is 5.10 Å². The standard InChI is InChI=1S/C14H20N4/c1-12(13-8-5-4-6-9-13)15-16-14-17(2)10-7-11-18(14)3/h4-6,8-9H,7,10-11H2,1-3H3/b15-12+. The summed E-state index contributed by atoms with van der Waals surface area (Å²) in [4.78, 5) is 4.29. The monoisotopic (exact) mass is 244 g/mol. The number of guanidine groups is 1. The lowest BCUT2D eigenvalue weighted by atomic mass is 10.1. The summed E-state index contributed by atoms with van der Waals surface area (Å²) in [6.07, 6.45) is 1.17. The normalized spacial score (nSPS) is 17.1. The van der Waals surface area contributed by atoms with Crippen molar-refractivity contribution in [3.8, 4) is 0 Å². The van der Waals surface area contributed by atoms with Crippen molar-refractivity contribution in [2.45, 2.75) is 13.3 Å². The first-order chi connectivity index (χ1) is 8.68. The van der Waals surface area contributed by atoms with Crippen LogP contribution in [0.5, 0.6) is 0 Å². The molecular weight excluding hydrogens is 224 g/mol. The van der Waals surface area contributed by atoms with Gasteiger partial charge in [-0.15, -0.1) is 5.10 Å². The third-order valence-electron chi connectivity index (χ3n) is 3.15. The summed E-state index contributed by atoms with van der Waals surface area (Å²) in [6, 6.07) is 10.1. The Morgan fingerprint density at radius 2 is 1.67 bits per heavy atom. The summed E-state index contributed by atoms with van der Waals surface area (Å²) in [5.74, 6) is 0.941. The first kappa shape index (κ1) is 12.6. The van der Waals surface area contributed by atoms with Crippen LogP contribution in [-0.2, 0) is 0 Å². The Morgan fingerprint density at radius 3 is 2.28 bits per heavy atom. The van der Waals surface area contributed by atoms with E-state index in [2.05, 4.69) is 34.1 Å². The number of rotatable bonds is 2. The number of nitrogens with zero attached hydrogens (tertiary/aromatic N) is 4. The molecule has 0 aliphatic carbocycles. The Hall–Kier alpha value is -1.84. The Labute approximate surface area is 109 Å². The van der Waals surface area contributed by atoms with E-state index in [-0.39, 0.29) is 0 Å². The fourth-order valence-electron chi connectivity index (χ4n) is 2.05. The van der Waals surface area contributed by atoms with Gasteiger partial charge >= 0.3 is 0 Å². The fourth-order valence-corrected chi connectivity index (χ4v) is 2.05. The van der Waals surface area contributed by atoms with E-state index < -0.39 is 0 Å². The van der Waals surface area contributed by atoms with Crippen molar-refractivity contribution < 1.29 is 0 Å². The molecule has 0 N–H and O–H groups in total. The Morgan fingerprint density at radius 1 is 1.06 bits per heavy atom. The van der Waals surface area contributed by atoms with Gasteiger partial charge < -0.3 is 9.80 Å². The highest BCUT2D eigenvalue weighted by atomic mass is 15.4. The van der Waals surface area contributed by atoms with Crippen molar-refractivity contribution in [2.24, 2.45) is 10.2 Å². The lowest BCUT2D eigenvalue weighted by molar-refractivity contribution is 0.317. The summed E-state index contributed by atoms with van der Waals surface area (Å²) in [5, 5.41) is 8.72. The van der Waals surface area contributed by atoms with Gasteiger partial charge in [0.25, 0.3) is 0 Å². The lowest BCUT2D eigenvalue weighted by Gasteiger charge is -2.33. The van der Waals surface area contributed by atoms with Crippen LogP contribution in [0.2, 0.25) is 0 Å². The second kappa shape index (κ2) is 5.67. The molecule has 1 aliphatic heterocycles. The van der Waals surface area contributed by atoms with Crippen LogP contribution in [0.4, 0.5) is 0 Å². The van der Waals surface area contributed by atoms with E-state index in [1.165, 1.54) is 6.42 Å². The van der Waals surface area contributed by atoms with Crippen LogP contribution >= 0.6 is 0 Å². The minimum atomic E-state index is 0.940. The summed E-state index contributed by atoms with van der Waals surface area (Å²) in [6.45, 7) is 4.08. The molecule has 0 bridgehead atoms. The second-order valence-electron chi connectivity index (χ2n) is 4.65. The van der Waals surface area contributed by atoms with Crippen LogP contribution in [-0.4, -0.2) is 48.7 Å². The minimum Gasteiger partial charge on any atom is -0.344 e. The summed E-state index contributed by atoms with van der Waals surface area (Å²) < 4.78 is 0. The van der Waals surface area contributed by atoms with Gasteiger partial charge in [-0.3, -0.25) is 0 Å². The van der Waals surface area contributed by atoms with Crippen molar-refractivity contribution in [1.29, 1.82) is 0 Å². The van der Waals surface area contributed by atoms with Crippen molar-refractivity contribution >= 4 is 11.7 Å². The molecule has 0 spiro atoms. The van der Waals surface area contributed by atoms with Crippen LogP contribution < -0.4 is 0 Å². The molecule has 1 fully saturated rings. The smallest absolute Gasteiger partial charge is 0.221 e. The van der Waals surface area contributed by atoms with E-state index in [4.69, 9.17) is 0 Å². The predicted molar refractivity (Wildman–Crippen MR) is 76.0 cm³/mol. The topological polar surface area (TPSA) is 31.2 Å². The highest BCUT2D eigenvalue weighted by Crippen LogP contribution is 2.06. The molecule has 96 valence electrons.